The lowest BCUT2D eigenvalue weighted by Gasteiger charge is -2.13. The van der Waals surface area contributed by atoms with Crippen molar-refractivity contribution < 1.29 is 0 Å². The van der Waals surface area contributed by atoms with Crippen LogP contribution in [-0.2, 0) is 6.42 Å². The molecule has 2 aromatic carbocycles. The first-order valence-electron chi connectivity index (χ1n) is 5.46. The predicted octanol–water partition coefficient (Wildman–Crippen LogP) is 3.08. The van der Waals surface area contributed by atoms with Gasteiger partial charge in [-0.1, -0.05) is 37.3 Å². The molecule has 82 valence electrons. The van der Waals surface area contributed by atoms with Crippen molar-refractivity contribution in [2.24, 2.45) is 0 Å². The lowest BCUT2D eigenvalue weighted by molar-refractivity contribution is 1.15. The molecular weight excluding hydrogens is 196 g/mol. The summed E-state index contributed by atoms with van der Waals surface area (Å²) >= 11 is 0. The third-order valence-corrected chi connectivity index (χ3v) is 2.80. The highest BCUT2D eigenvalue weighted by molar-refractivity contribution is 5.83. The molecule has 4 N–H and O–H groups in total. The van der Waals surface area contributed by atoms with Crippen molar-refractivity contribution in [2.75, 3.05) is 11.5 Å². The van der Waals surface area contributed by atoms with Gasteiger partial charge < -0.3 is 11.5 Å². The summed E-state index contributed by atoms with van der Waals surface area (Å²) in [5, 5.41) is 0. The molecule has 0 spiro atoms. The quantitative estimate of drug-likeness (QED) is 0.751. The van der Waals surface area contributed by atoms with Gasteiger partial charge in [-0.05, 0) is 29.7 Å². The van der Waals surface area contributed by atoms with E-state index in [0.29, 0.717) is 0 Å². The molecule has 0 unspecified atom stereocenters. The molecule has 2 aromatic rings. The summed E-state index contributed by atoms with van der Waals surface area (Å²) in [7, 11) is 0. The van der Waals surface area contributed by atoms with E-state index in [2.05, 4.69) is 19.1 Å². The minimum Gasteiger partial charge on any atom is -0.398 e. The molecule has 0 atom stereocenters. The van der Waals surface area contributed by atoms with Crippen LogP contribution in [0.25, 0.3) is 11.1 Å². The van der Waals surface area contributed by atoms with Crippen LogP contribution in [0, 0.1) is 0 Å². The molecule has 0 bridgehead atoms. The number of anilines is 2. The van der Waals surface area contributed by atoms with Gasteiger partial charge in [-0.25, -0.2) is 0 Å². The van der Waals surface area contributed by atoms with Gasteiger partial charge in [0.25, 0.3) is 0 Å². The molecular formula is C14H16N2. The van der Waals surface area contributed by atoms with Crippen molar-refractivity contribution in [3.05, 3.63) is 48.0 Å². The molecule has 0 saturated heterocycles. The molecule has 16 heavy (non-hydrogen) atoms. The molecule has 0 saturated carbocycles. The lowest BCUT2D eigenvalue weighted by Crippen LogP contribution is -2.00. The van der Waals surface area contributed by atoms with Gasteiger partial charge in [-0.3, -0.25) is 0 Å². The third kappa shape index (κ3) is 1.74. The molecule has 0 aliphatic rings. The summed E-state index contributed by atoms with van der Waals surface area (Å²) in [6.45, 7) is 2.09. The van der Waals surface area contributed by atoms with E-state index in [4.69, 9.17) is 11.5 Å². The molecule has 0 aliphatic carbocycles. The first kappa shape index (κ1) is 10.6. The molecule has 0 fully saturated rings. The van der Waals surface area contributed by atoms with E-state index < -0.39 is 0 Å². The van der Waals surface area contributed by atoms with Gasteiger partial charge in [0.05, 0.1) is 0 Å². The maximum atomic E-state index is 6.04. The van der Waals surface area contributed by atoms with Crippen molar-refractivity contribution in [1.29, 1.82) is 0 Å². The summed E-state index contributed by atoms with van der Waals surface area (Å²) in [6, 6.07) is 13.9. The van der Waals surface area contributed by atoms with Crippen LogP contribution in [0.4, 0.5) is 11.4 Å². The Hall–Kier alpha value is -1.96. The van der Waals surface area contributed by atoms with E-state index in [1.165, 1.54) is 0 Å². The summed E-state index contributed by atoms with van der Waals surface area (Å²) in [5.41, 5.74) is 17.0. The summed E-state index contributed by atoms with van der Waals surface area (Å²) in [5.74, 6) is 0. The highest BCUT2D eigenvalue weighted by Gasteiger charge is 2.10. The van der Waals surface area contributed by atoms with Gasteiger partial charge in [-0.2, -0.15) is 0 Å². The first-order chi connectivity index (χ1) is 7.74. The number of benzene rings is 2. The average molecular weight is 212 g/mol. The smallest absolute Gasteiger partial charge is 0.0398 e. The summed E-state index contributed by atoms with van der Waals surface area (Å²) in [4.78, 5) is 0. The monoisotopic (exact) mass is 212 g/mol. The fourth-order valence-corrected chi connectivity index (χ4v) is 2.01. The van der Waals surface area contributed by atoms with E-state index in [-0.39, 0.29) is 0 Å². The summed E-state index contributed by atoms with van der Waals surface area (Å²) in [6.07, 6.45) is 0.890. The second-order valence-electron chi connectivity index (χ2n) is 3.82. The van der Waals surface area contributed by atoms with Crippen LogP contribution in [0.15, 0.2) is 42.5 Å². The van der Waals surface area contributed by atoms with Gasteiger partial charge in [-0.15, -0.1) is 0 Å². The molecule has 0 amide bonds. The highest BCUT2D eigenvalue weighted by atomic mass is 14.6. The van der Waals surface area contributed by atoms with E-state index in [1.54, 1.807) is 0 Å². The fourth-order valence-electron chi connectivity index (χ4n) is 2.01. The Kier molecular flexibility index (Phi) is 2.82. The predicted molar refractivity (Wildman–Crippen MR) is 70.1 cm³/mol. The van der Waals surface area contributed by atoms with Crippen molar-refractivity contribution in [1.82, 2.24) is 0 Å². The number of rotatable bonds is 2. The Labute approximate surface area is 95.9 Å². The number of nitrogen functional groups attached to an aromatic ring is 2. The molecule has 0 aromatic heterocycles. The van der Waals surface area contributed by atoms with Gasteiger partial charge in [0.15, 0.2) is 0 Å². The van der Waals surface area contributed by atoms with E-state index in [1.807, 2.05) is 30.3 Å². The van der Waals surface area contributed by atoms with E-state index in [0.717, 1.165) is 34.5 Å². The lowest BCUT2D eigenvalue weighted by atomic mass is 9.95. The van der Waals surface area contributed by atoms with E-state index >= 15 is 0 Å². The number of nitrogens with two attached hydrogens (primary N) is 2. The standard InChI is InChI=1S/C14H16N2/c1-2-11-12(15)8-9-13(16)14(11)10-6-4-3-5-7-10/h3-9H,2,15-16H2,1H3. The van der Waals surface area contributed by atoms with Crippen LogP contribution in [-0.4, -0.2) is 0 Å². The molecule has 0 heterocycles. The van der Waals surface area contributed by atoms with Crippen LogP contribution in [0.5, 0.6) is 0 Å². The maximum absolute atomic E-state index is 6.04. The number of hydrogen-bond donors (Lipinski definition) is 2. The van der Waals surface area contributed by atoms with Crippen molar-refractivity contribution in [3.63, 3.8) is 0 Å². The third-order valence-electron chi connectivity index (χ3n) is 2.80. The second-order valence-corrected chi connectivity index (χ2v) is 3.82. The zero-order valence-corrected chi connectivity index (χ0v) is 9.40. The Morgan fingerprint density at radius 1 is 0.875 bits per heavy atom. The Morgan fingerprint density at radius 2 is 1.50 bits per heavy atom. The SMILES string of the molecule is CCc1c(N)ccc(N)c1-c1ccccc1. The topological polar surface area (TPSA) is 52.0 Å². The van der Waals surface area contributed by atoms with Gasteiger partial charge in [0, 0.05) is 16.9 Å². The highest BCUT2D eigenvalue weighted by Crippen LogP contribution is 2.33. The number of hydrogen-bond acceptors (Lipinski definition) is 2. The van der Waals surface area contributed by atoms with E-state index in [9.17, 15) is 0 Å². The van der Waals surface area contributed by atoms with Crippen LogP contribution < -0.4 is 11.5 Å². The molecule has 2 rings (SSSR count). The van der Waals surface area contributed by atoms with Crippen molar-refractivity contribution >= 4 is 11.4 Å². The van der Waals surface area contributed by atoms with Crippen LogP contribution in [0.3, 0.4) is 0 Å². The van der Waals surface area contributed by atoms with Crippen LogP contribution in [0.1, 0.15) is 12.5 Å². The molecule has 2 heteroatoms. The molecule has 0 radical (unpaired) electrons. The largest absolute Gasteiger partial charge is 0.398 e. The fraction of sp³-hybridized carbons (Fsp3) is 0.143. The molecule has 0 aliphatic heterocycles. The van der Waals surface area contributed by atoms with Crippen molar-refractivity contribution in [3.8, 4) is 11.1 Å². The average Bonchev–Trinajstić information content (AvgIpc) is 2.33. The second kappa shape index (κ2) is 4.27. The van der Waals surface area contributed by atoms with Crippen LogP contribution >= 0.6 is 0 Å². The minimum absolute atomic E-state index is 0.789. The normalized spacial score (nSPS) is 10.3. The van der Waals surface area contributed by atoms with Gasteiger partial charge >= 0.3 is 0 Å². The Balaban J connectivity index is 2.68. The maximum Gasteiger partial charge on any atom is 0.0398 e. The zero-order chi connectivity index (χ0) is 11.5. The Morgan fingerprint density at radius 3 is 2.12 bits per heavy atom. The summed E-state index contributed by atoms with van der Waals surface area (Å²) < 4.78 is 0. The minimum atomic E-state index is 0.789. The first-order valence-corrected chi connectivity index (χ1v) is 5.46. The Bertz CT molecular complexity index is 490. The van der Waals surface area contributed by atoms with Gasteiger partial charge in [0.1, 0.15) is 0 Å². The van der Waals surface area contributed by atoms with Crippen molar-refractivity contribution in [2.45, 2.75) is 13.3 Å². The van der Waals surface area contributed by atoms with Gasteiger partial charge in [0.2, 0.25) is 0 Å². The molecule has 2 nitrogen and oxygen atoms in total. The zero-order valence-electron chi connectivity index (χ0n) is 9.40. The van der Waals surface area contributed by atoms with Crippen LogP contribution in [0.2, 0.25) is 0 Å².